The lowest BCUT2D eigenvalue weighted by Crippen LogP contribution is -2.19. The zero-order valence-corrected chi connectivity index (χ0v) is 16.9. The molecule has 2 atom stereocenters. The van der Waals surface area contributed by atoms with E-state index in [0.29, 0.717) is 13.2 Å². The first-order valence-electron chi connectivity index (χ1n) is 10.7. The molecular formula is C22H28N4O3. The predicted molar refractivity (Wildman–Crippen MR) is 110 cm³/mol. The lowest BCUT2D eigenvalue weighted by atomic mass is 10.1. The molecule has 4 bridgehead atoms. The highest BCUT2D eigenvalue weighted by molar-refractivity contribution is 5.94. The molecule has 2 aliphatic rings. The van der Waals surface area contributed by atoms with Crippen molar-refractivity contribution in [3.8, 4) is 17.0 Å². The molecule has 4 heterocycles. The van der Waals surface area contributed by atoms with Crippen LogP contribution in [0.15, 0.2) is 30.6 Å². The van der Waals surface area contributed by atoms with Gasteiger partial charge in [-0.1, -0.05) is 0 Å². The van der Waals surface area contributed by atoms with Gasteiger partial charge in [-0.3, -0.25) is 4.68 Å². The van der Waals surface area contributed by atoms with Crippen molar-refractivity contribution in [1.82, 2.24) is 19.6 Å². The zero-order chi connectivity index (χ0) is 19.6. The third-order valence-corrected chi connectivity index (χ3v) is 5.81. The van der Waals surface area contributed by atoms with Gasteiger partial charge in [0.25, 0.3) is 0 Å². The molecule has 29 heavy (non-hydrogen) atoms. The van der Waals surface area contributed by atoms with Crippen molar-refractivity contribution in [3.05, 3.63) is 30.6 Å². The summed E-state index contributed by atoms with van der Waals surface area (Å²) in [7, 11) is 0. The smallest absolute Gasteiger partial charge is 0.150 e. The van der Waals surface area contributed by atoms with Crippen molar-refractivity contribution in [1.29, 1.82) is 0 Å². The summed E-state index contributed by atoms with van der Waals surface area (Å²) in [5.41, 5.74) is 3.03. The van der Waals surface area contributed by atoms with E-state index in [0.717, 1.165) is 66.8 Å². The Morgan fingerprint density at radius 1 is 1.03 bits per heavy atom. The minimum atomic E-state index is -0.0107. The van der Waals surface area contributed by atoms with Gasteiger partial charge < -0.3 is 14.2 Å². The number of rotatable bonds is 1. The minimum absolute atomic E-state index is 0.0107. The van der Waals surface area contributed by atoms with Gasteiger partial charge in [-0.05, 0) is 50.8 Å². The first kappa shape index (κ1) is 18.6. The topological polar surface area (TPSA) is 63.3 Å². The summed E-state index contributed by atoms with van der Waals surface area (Å²) in [5.74, 6) is 0.860. The number of benzene rings is 1. The van der Waals surface area contributed by atoms with Crippen molar-refractivity contribution in [3.63, 3.8) is 0 Å². The van der Waals surface area contributed by atoms with Crippen LogP contribution in [0.3, 0.4) is 0 Å². The largest absolute Gasteiger partial charge is 0.493 e. The van der Waals surface area contributed by atoms with E-state index in [-0.39, 0.29) is 12.3 Å². The average Bonchev–Trinajstić information content (AvgIpc) is 3.38. The number of hydrogen-bond donors (Lipinski definition) is 0. The van der Waals surface area contributed by atoms with E-state index < -0.39 is 0 Å². The lowest BCUT2D eigenvalue weighted by Gasteiger charge is -2.23. The Labute approximate surface area is 170 Å². The molecule has 1 saturated heterocycles. The summed E-state index contributed by atoms with van der Waals surface area (Å²) in [4.78, 5) is 0. The van der Waals surface area contributed by atoms with Crippen LogP contribution in [0.5, 0.6) is 5.75 Å². The number of ether oxygens (including phenoxy) is 3. The van der Waals surface area contributed by atoms with Crippen LogP contribution in [0.2, 0.25) is 0 Å². The maximum Gasteiger partial charge on any atom is 0.150 e. The summed E-state index contributed by atoms with van der Waals surface area (Å²) in [6.07, 6.45) is 9.06. The SMILES string of the molecule is C[C@@H]1CCOCCCOc2ccc3c(c2)c(nn3C2CCCCO2)-c2cnn1c2. The minimum Gasteiger partial charge on any atom is -0.493 e. The molecule has 0 radical (unpaired) electrons. The van der Waals surface area contributed by atoms with Gasteiger partial charge in [0.2, 0.25) is 0 Å². The van der Waals surface area contributed by atoms with Gasteiger partial charge in [-0.15, -0.1) is 0 Å². The molecule has 154 valence electrons. The van der Waals surface area contributed by atoms with Crippen molar-refractivity contribution < 1.29 is 14.2 Å². The molecule has 1 unspecified atom stereocenters. The van der Waals surface area contributed by atoms with Gasteiger partial charge in [0.05, 0.1) is 24.4 Å². The molecular weight excluding hydrogens is 368 g/mol. The van der Waals surface area contributed by atoms with E-state index in [1.807, 2.05) is 21.6 Å². The van der Waals surface area contributed by atoms with Crippen LogP contribution in [0.4, 0.5) is 0 Å². The van der Waals surface area contributed by atoms with E-state index in [1.165, 1.54) is 6.42 Å². The van der Waals surface area contributed by atoms with Crippen molar-refractivity contribution in [2.24, 2.45) is 0 Å². The van der Waals surface area contributed by atoms with Gasteiger partial charge in [0.15, 0.2) is 6.23 Å². The van der Waals surface area contributed by atoms with Crippen LogP contribution >= 0.6 is 0 Å². The first-order chi connectivity index (χ1) is 14.3. The fraction of sp³-hybridized carbons (Fsp3) is 0.545. The van der Waals surface area contributed by atoms with Crippen LogP contribution in [-0.2, 0) is 9.47 Å². The molecule has 0 saturated carbocycles. The summed E-state index contributed by atoms with van der Waals surface area (Å²) >= 11 is 0. The van der Waals surface area contributed by atoms with E-state index in [4.69, 9.17) is 19.3 Å². The molecule has 3 aromatic rings. The summed E-state index contributed by atoms with van der Waals surface area (Å²) in [6, 6.07) is 6.49. The Morgan fingerprint density at radius 3 is 2.90 bits per heavy atom. The summed E-state index contributed by atoms with van der Waals surface area (Å²) < 4.78 is 21.8. The van der Waals surface area contributed by atoms with Crippen molar-refractivity contribution >= 4 is 10.9 Å². The maximum absolute atomic E-state index is 6.03. The maximum atomic E-state index is 6.03. The van der Waals surface area contributed by atoms with Crippen LogP contribution in [-0.4, -0.2) is 46.0 Å². The molecule has 0 spiro atoms. The van der Waals surface area contributed by atoms with Gasteiger partial charge in [-0.2, -0.15) is 10.2 Å². The molecule has 7 heteroatoms. The molecule has 0 N–H and O–H groups in total. The van der Waals surface area contributed by atoms with E-state index in [9.17, 15) is 0 Å². The molecule has 0 aliphatic carbocycles. The highest BCUT2D eigenvalue weighted by Gasteiger charge is 2.23. The Bertz CT molecular complexity index is 974. The number of nitrogens with zero attached hydrogens (tertiary/aromatic N) is 4. The normalized spacial score (nSPS) is 23.5. The first-order valence-corrected chi connectivity index (χ1v) is 10.7. The third-order valence-electron chi connectivity index (χ3n) is 5.81. The predicted octanol–water partition coefficient (Wildman–Crippen LogP) is 4.35. The monoisotopic (exact) mass is 396 g/mol. The van der Waals surface area contributed by atoms with E-state index in [2.05, 4.69) is 30.4 Å². The van der Waals surface area contributed by atoms with Crippen LogP contribution in [0.1, 0.15) is 51.3 Å². The zero-order valence-electron chi connectivity index (χ0n) is 16.9. The molecule has 1 fully saturated rings. The van der Waals surface area contributed by atoms with E-state index >= 15 is 0 Å². The fourth-order valence-electron chi connectivity index (χ4n) is 4.10. The number of aromatic nitrogens is 4. The summed E-state index contributed by atoms with van der Waals surface area (Å²) in [5, 5.41) is 10.7. The molecule has 0 amide bonds. The highest BCUT2D eigenvalue weighted by atomic mass is 16.5. The Hall–Kier alpha value is -2.38. The fourth-order valence-corrected chi connectivity index (χ4v) is 4.10. The van der Waals surface area contributed by atoms with Crippen LogP contribution in [0, 0.1) is 0 Å². The highest BCUT2D eigenvalue weighted by Crippen LogP contribution is 2.35. The second-order valence-electron chi connectivity index (χ2n) is 7.95. The molecule has 2 aliphatic heterocycles. The summed E-state index contributed by atoms with van der Waals surface area (Å²) in [6.45, 7) is 5.04. The van der Waals surface area contributed by atoms with Gasteiger partial charge >= 0.3 is 0 Å². The number of fused-ring (bicyclic) bond motifs is 4. The quantitative estimate of drug-likeness (QED) is 0.612. The second kappa shape index (κ2) is 8.16. The van der Waals surface area contributed by atoms with Crippen molar-refractivity contribution in [2.75, 3.05) is 26.4 Å². The van der Waals surface area contributed by atoms with Gasteiger partial charge in [-0.25, -0.2) is 4.68 Å². The Kier molecular flexibility index (Phi) is 5.24. The molecule has 2 aromatic heterocycles. The van der Waals surface area contributed by atoms with Crippen LogP contribution in [0.25, 0.3) is 22.2 Å². The third kappa shape index (κ3) is 3.76. The van der Waals surface area contributed by atoms with Crippen LogP contribution < -0.4 is 4.74 Å². The van der Waals surface area contributed by atoms with Gasteiger partial charge in [0, 0.05) is 43.4 Å². The lowest BCUT2D eigenvalue weighted by molar-refractivity contribution is -0.0365. The van der Waals surface area contributed by atoms with E-state index in [1.54, 1.807) is 0 Å². The molecule has 5 rings (SSSR count). The second-order valence-corrected chi connectivity index (χ2v) is 7.95. The Morgan fingerprint density at radius 2 is 2.00 bits per heavy atom. The van der Waals surface area contributed by atoms with Gasteiger partial charge in [0.1, 0.15) is 11.4 Å². The number of hydrogen-bond acceptors (Lipinski definition) is 5. The Balaban J connectivity index is 1.60. The average molecular weight is 396 g/mol. The molecule has 1 aromatic carbocycles. The molecule has 7 nitrogen and oxygen atoms in total. The van der Waals surface area contributed by atoms with Crippen molar-refractivity contribution in [2.45, 2.75) is 51.3 Å². The standard InChI is InChI=1S/C22H28N4O3/c1-16-8-12-27-9-4-11-28-18-6-7-20-19(13-18)22(17-14-23-25(16)15-17)24-26(20)21-5-2-3-10-29-21/h6-7,13-16,21H,2-5,8-12H2,1H3/t16-,21?/m1/s1.